The molecule has 1 fully saturated rings. The fraction of sp³-hybridized carbons (Fsp3) is 0.909. The molecule has 94 valence electrons. The summed E-state index contributed by atoms with van der Waals surface area (Å²) in [5.41, 5.74) is 0. The largest absolute Gasteiger partial charge is 0.465 e. The molecule has 1 aliphatic heterocycles. The lowest BCUT2D eigenvalue weighted by Crippen LogP contribution is -2.40. The monoisotopic (exact) mass is 231 g/mol. The fourth-order valence-corrected chi connectivity index (χ4v) is 1.58. The SMILES string of the molecule is CCOC(=O)C(COCC1CCOC1)NC. The minimum absolute atomic E-state index is 0.257. The molecule has 0 bridgehead atoms. The molecule has 2 atom stereocenters. The van der Waals surface area contributed by atoms with Crippen LogP contribution in [0.4, 0.5) is 0 Å². The zero-order valence-corrected chi connectivity index (χ0v) is 10.0. The highest BCUT2D eigenvalue weighted by Crippen LogP contribution is 2.12. The number of carbonyl (C=O) groups excluding carboxylic acids is 1. The van der Waals surface area contributed by atoms with Crippen LogP contribution in [0.15, 0.2) is 0 Å². The lowest BCUT2D eigenvalue weighted by molar-refractivity contribution is -0.147. The van der Waals surface area contributed by atoms with Gasteiger partial charge in [0, 0.05) is 12.5 Å². The summed E-state index contributed by atoms with van der Waals surface area (Å²) in [5.74, 6) is 0.215. The van der Waals surface area contributed by atoms with Crippen LogP contribution in [0.5, 0.6) is 0 Å². The number of hydrogen-bond donors (Lipinski definition) is 1. The Labute approximate surface area is 96.4 Å². The standard InChI is InChI=1S/C11H21NO4/c1-3-16-11(13)10(12-2)8-15-7-9-4-5-14-6-9/h9-10,12H,3-8H2,1-2H3. The molecule has 1 aliphatic rings. The van der Waals surface area contributed by atoms with E-state index < -0.39 is 0 Å². The average molecular weight is 231 g/mol. The van der Waals surface area contributed by atoms with E-state index in [9.17, 15) is 4.79 Å². The van der Waals surface area contributed by atoms with Gasteiger partial charge in [-0.1, -0.05) is 0 Å². The van der Waals surface area contributed by atoms with Crippen molar-refractivity contribution in [2.24, 2.45) is 5.92 Å². The van der Waals surface area contributed by atoms with Gasteiger partial charge in [-0.25, -0.2) is 0 Å². The Hall–Kier alpha value is -0.650. The van der Waals surface area contributed by atoms with Crippen molar-refractivity contribution in [1.82, 2.24) is 5.32 Å². The Kier molecular flexibility index (Phi) is 6.37. The van der Waals surface area contributed by atoms with E-state index in [1.807, 2.05) is 0 Å². The molecule has 5 nitrogen and oxygen atoms in total. The first kappa shape index (κ1) is 13.4. The summed E-state index contributed by atoms with van der Waals surface area (Å²) in [6, 6.07) is -0.373. The second-order valence-electron chi connectivity index (χ2n) is 3.86. The molecule has 5 heteroatoms. The Balaban J connectivity index is 2.14. The lowest BCUT2D eigenvalue weighted by atomic mass is 10.1. The molecule has 1 heterocycles. The fourth-order valence-electron chi connectivity index (χ4n) is 1.58. The molecule has 0 aromatic rings. The van der Waals surface area contributed by atoms with Gasteiger partial charge in [-0.05, 0) is 20.4 Å². The minimum atomic E-state index is -0.373. The van der Waals surface area contributed by atoms with Crippen molar-refractivity contribution >= 4 is 5.97 Å². The van der Waals surface area contributed by atoms with E-state index in [1.165, 1.54) is 0 Å². The lowest BCUT2D eigenvalue weighted by Gasteiger charge is -2.16. The number of esters is 1. The first-order valence-corrected chi connectivity index (χ1v) is 5.77. The van der Waals surface area contributed by atoms with Crippen LogP contribution in [0, 0.1) is 5.92 Å². The Morgan fingerprint density at radius 2 is 2.44 bits per heavy atom. The van der Waals surface area contributed by atoms with Crippen molar-refractivity contribution < 1.29 is 19.0 Å². The number of rotatable bonds is 7. The Bertz CT molecular complexity index is 204. The van der Waals surface area contributed by atoms with Crippen LogP contribution in [0.1, 0.15) is 13.3 Å². The van der Waals surface area contributed by atoms with E-state index in [1.54, 1.807) is 14.0 Å². The summed E-state index contributed by atoms with van der Waals surface area (Å²) in [7, 11) is 1.73. The molecule has 0 amide bonds. The minimum Gasteiger partial charge on any atom is -0.465 e. The summed E-state index contributed by atoms with van der Waals surface area (Å²) >= 11 is 0. The van der Waals surface area contributed by atoms with Gasteiger partial charge >= 0.3 is 5.97 Å². The van der Waals surface area contributed by atoms with Crippen LogP contribution >= 0.6 is 0 Å². The van der Waals surface area contributed by atoms with E-state index >= 15 is 0 Å². The van der Waals surface area contributed by atoms with Gasteiger partial charge in [0.1, 0.15) is 6.04 Å². The quantitative estimate of drug-likeness (QED) is 0.634. The molecular weight excluding hydrogens is 210 g/mol. The molecule has 0 saturated carbocycles. The Morgan fingerprint density at radius 1 is 1.62 bits per heavy atom. The zero-order chi connectivity index (χ0) is 11.8. The van der Waals surface area contributed by atoms with Crippen molar-refractivity contribution in [2.45, 2.75) is 19.4 Å². The van der Waals surface area contributed by atoms with Gasteiger partial charge in [0.2, 0.25) is 0 Å². The van der Waals surface area contributed by atoms with Crippen LogP contribution in [0.2, 0.25) is 0 Å². The summed E-state index contributed by atoms with van der Waals surface area (Å²) in [5, 5.41) is 2.88. The molecule has 0 aliphatic carbocycles. The molecule has 0 aromatic carbocycles. The maximum atomic E-state index is 11.4. The first-order valence-electron chi connectivity index (χ1n) is 5.77. The summed E-state index contributed by atoms with van der Waals surface area (Å²) in [6.45, 7) is 4.78. The van der Waals surface area contributed by atoms with Crippen molar-refractivity contribution in [3.8, 4) is 0 Å². The normalized spacial score (nSPS) is 22.0. The molecule has 16 heavy (non-hydrogen) atoms. The topological polar surface area (TPSA) is 56.8 Å². The number of carbonyl (C=O) groups is 1. The number of likely N-dealkylation sites (N-methyl/N-ethyl adjacent to an activating group) is 1. The number of hydrogen-bond acceptors (Lipinski definition) is 5. The molecule has 0 radical (unpaired) electrons. The average Bonchev–Trinajstić information content (AvgIpc) is 2.77. The van der Waals surface area contributed by atoms with Gasteiger partial charge in [0.15, 0.2) is 0 Å². The van der Waals surface area contributed by atoms with E-state index in [-0.39, 0.29) is 12.0 Å². The second kappa shape index (κ2) is 7.60. The summed E-state index contributed by atoms with van der Waals surface area (Å²) in [4.78, 5) is 11.4. The highest BCUT2D eigenvalue weighted by Gasteiger charge is 2.20. The molecule has 0 spiro atoms. The smallest absolute Gasteiger partial charge is 0.325 e. The van der Waals surface area contributed by atoms with E-state index in [4.69, 9.17) is 14.2 Å². The predicted molar refractivity (Wildman–Crippen MR) is 59.2 cm³/mol. The van der Waals surface area contributed by atoms with Gasteiger partial charge in [-0.2, -0.15) is 0 Å². The second-order valence-corrected chi connectivity index (χ2v) is 3.86. The van der Waals surface area contributed by atoms with Crippen molar-refractivity contribution in [1.29, 1.82) is 0 Å². The third-order valence-corrected chi connectivity index (χ3v) is 2.58. The Morgan fingerprint density at radius 3 is 3.00 bits per heavy atom. The highest BCUT2D eigenvalue weighted by molar-refractivity contribution is 5.75. The van der Waals surface area contributed by atoms with Gasteiger partial charge in [-0.15, -0.1) is 0 Å². The van der Waals surface area contributed by atoms with Crippen molar-refractivity contribution in [3.05, 3.63) is 0 Å². The summed E-state index contributed by atoms with van der Waals surface area (Å²) in [6.07, 6.45) is 1.05. The van der Waals surface area contributed by atoms with Crippen molar-refractivity contribution in [3.63, 3.8) is 0 Å². The van der Waals surface area contributed by atoms with Crippen LogP contribution in [-0.4, -0.2) is 52.1 Å². The van der Waals surface area contributed by atoms with Crippen LogP contribution in [0.25, 0.3) is 0 Å². The van der Waals surface area contributed by atoms with E-state index in [0.717, 1.165) is 19.6 Å². The molecule has 1 rings (SSSR count). The van der Waals surface area contributed by atoms with Gasteiger partial charge in [0.05, 0.1) is 26.4 Å². The third-order valence-electron chi connectivity index (χ3n) is 2.58. The molecular formula is C11H21NO4. The summed E-state index contributed by atoms with van der Waals surface area (Å²) < 4.78 is 15.6. The zero-order valence-electron chi connectivity index (χ0n) is 10.0. The predicted octanol–water partition coefficient (Wildman–Crippen LogP) is 0.191. The van der Waals surface area contributed by atoms with Crippen LogP contribution in [-0.2, 0) is 19.0 Å². The number of nitrogens with one attached hydrogen (secondary N) is 1. The van der Waals surface area contributed by atoms with Crippen molar-refractivity contribution in [2.75, 3.05) is 40.1 Å². The molecule has 1 saturated heterocycles. The molecule has 2 unspecified atom stereocenters. The van der Waals surface area contributed by atoms with E-state index in [2.05, 4.69) is 5.32 Å². The van der Waals surface area contributed by atoms with Gasteiger partial charge in [-0.3, -0.25) is 4.79 Å². The van der Waals surface area contributed by atoms with E-state index in [0.29, 0.717) is 25.7 Å². The highest BCUT2D eigenvalue weighted by atomic mass is 16.5. The third kappa shape index (κ3) is 4.47. The molecule has 0 aromatic heterocycles. The maximum Gasteiger partial charge on any atom is 0.325 e. The first-order chi connectivity index (χ1) is 7.77. The van der Waals surface area contributed by atoms with Crippen LogP contribution in [0.3, 0.4) is 0 Å². The van der Waals surface area contributed by atoms with Crippen LogP contribution < -0.4 is 5.32 Å². The molecule has 1 N–H and O–H groups in total. The van der Waals surface area contributed by atoms with Gasteiger partial charge in [0.25, 0.3) is 0 Å². The van der Waals surface area contributed by atoms with Gasteiger partial charge < -0.3 is 19.5 Å². The number of ether oxygens (including phenoxy) is 3. The maximum absolute atomic E-state index is 11.4.